The van der Waals surface area contributed by atoms with Crippen molar-refractivity contribution in [2.45, 2.75) is 26.3 Å². The van der Waals surface area contributed by atoms with Crippen molar-refractivity contribution in [3.63, 3.8) is 0 Å². The van der Waals surface area contributed by atoms with Gasteiger partial charge in [-0.3, -0.25) is 0 Å². The second-order valence-corrected chi connectivity index (χ2v) is 3.90. The summed E-state index contributed by atoms with van der Waals surface area (Å²) >= 11 is 3.30. The van der Waals surface area contributed by atoms with Crippen LogP contribution in [-0.2, 0) is 6.54 Å². The fourth-order valence-electron chi connectivity index (χ4n) is 1.67. The van der Waals surface area contributed by atoms with E-state index in [1.165, 1.54) is 12.8 Å². The first-order valence-electron chi connectivity index (χ1n) is 4.66. The molecule has 2 rings (SSSR count). The first-order valence-corrected chi connectivity index (χ1v) is 5.46. The van der Waals surface area contributed by atoms with Crippen LogP contribution in [-0.4, -0.2) is 27.9 Å². The van der Waals surface area contributed by atoms with Crippen molar-refractivity contribution in [1.82, 2.24) is 14.8 Å². The molecule has 0 amide bonds. The summed E-state index contributed by atoms with van der Waals surface area (Å²) in [5, 5.41) is 4.25. The third kappa shape index (κ3) is 1.70. The number of rotatable bonds is 2. The fourth-order valence-corrected chi connectivity index (χ4v) is 2.02. The molecule has 1 fully saturated rings. The molecule has 1 aliphatic heterocycles. The lowest BCUT2D eigenvalue weighted by Crippen LogP contribution is -2.22. The van der Waals surface area contributed by atoms with E-state index in [1.54, 1.807) is 0 Å². The lowest BCUT2D eigenvalue weighted by atomic mass is 10.4. The Balaban J connectivity index is 2.26. The topological polar surface area (TPSA) is 34.0 Å². The van der Waals surface area contributed by atoms with Gasteiger partial charge in [0.25, 0.3) is 0 Å². The van der Waals surface area contributed by atoms with Crippen LogP contribution in [0, 0.1) is 0 Å². The molecule has 0 aromatic carbocycles. The molecule has 0 atom stereocenters. The maximum atomic E-state index is 4.36. The van der Waals surface area contributed by atoms with Gasteiger partial charge in [0.2, 0.25) is 10.7 Å². The Labute approximate surface area is 86.1 Å². The van der Waals surface area contributed by atoms with Crippen LogP contribution in [0.4, 0.5) is 5.95 Å². The molecule has 1 aliphatic rings. The number of aromatic nitrogens is 3. The Morgan fingerprint density at radius 1 is 1.38 bits per heavy atom. The van der Waals surface area contributed by atoms with Crippen molar-refractivity contribution >= 4 is 21.9 Å². The molecule has 0 unspecified atom stereocenters. The van der Waals surface area contributed by atoms with E-state index in [0.29, 0.717) is 4.73 Å². The normalized spacial score (nSPS) is 16.9. The van der Waals surface area contributed by atoms with E-state index in [0.717, 1.165) is 25.6 Å². The van der Waals surface area contributed by atoms with E-state index in [2.05, 4.69) is 37.8 Å². The van der Waals surface area contributed by atoms with Gasteiger partial charge in [0.1, 0.15) is 0 Å². The van der Waals surface area contributed by atoms with Gasteiger partial charge in [-0.15, -0.1) is 5.10 Å². The minimum Gasteiger partial charge on any atom is -0.341 e. The molecule has 2 heterocycles. The third-order valence-corrected chi connectivity index (χ3v) is 2.65. The molecule has 0 bridgehead atoms. The first kappa shape index (κ1) is 8.99. The van der Waals surface area contributed by atoms with E-state index in [-0.39, 0.29) is 0 Å². The minimum absolute atomic E-state index is 0.691. The smallest absolute Gasteiger partial charge is 0.224 e. The van der Waals surface area contributed by atoms with Gasteiger partial charge in [0.15, 0.2) is 0 Å². The first-order chi connectivity index (χ1) is 6.31. The van der Waals surface area contributed by atoms with Crippen LogP contribution in [0.3, 0.4) is 0 Å². The molecule has 1 aromatic heterocycles. The van der Waals surface area contributed by atoms with E-state index in [4.69, 9.17) is 0 Å². The number of anilines is 1. The van der Waals surface area contributed by atoms with Gasteiger partial charge >= 0.3 is 0 Å². The average molecular weight is 245 g/mol. The molecule has 0 aliphatic carbocycles. The molecule has 5 heteroatoms. The van der Waals surface area contributed by atoms with Crippen LogP contribution >= 0.6 is 15.9 Å². The molecule has 0 spiro atoms. The highest BCUT2D eigenvalue weighted by Crippen LogP contribution is 2.19. The Bertz CT molecular complexity index is 290. The molecule has 1 saturated heterocycles. The molecule has 0 N–H and O–H groups in total. The lowest BCUT2D eigenvalue weighted by Gasteiger charge is -2.15. The van der Waals surface area contributed by atoms with E-state index in [9.17, 15) is 0 Å². The van der Waals surface area contributed by atoms with Gasteiger partial charge in [0.05, 0.1) is 0 Å². The molecule has 72 valence electrons. The second-order valence-electron chi connectivity index (χ2n) is 3.19. The Morgan fingerprint density at radius 2 is 2.08 bits per heavy atom. The van der Waals surface area contributed by atoms with Crippen molar-refractivity contribution in [3.05, 3.63) is 4.73 Å². The predicted octanol–water partition coefficient (Wildman–Crippen LogP) is 1.66. The van der Waals surface area contributed by atoms with Crippen LogP contribution in [0.1, 0.15) is 19.8 Å². The highest BCUT2D eigenvalue weighted by Gasteiger charge is 2.18. The zero-order valence-electron chi connectivity index (χ0n) is 7.70. The number of halogens is 1. The molecule has 0 radical (unpaired) electrons. The zero-order valence-corrected chi connectivity index (χ0v) is 9.29. The Morgan fingerprint density at radius 3 is 2.69 bits per heavy atom. The maximum Gasteiger partial charge on any atom is 0.224 e. The van der Waals surface area contributed by atoms with Gasteiger partial charge in [-0.2, -0.15) is 4.98 Å². The number of hydrogen-bond donors (Lipinski definition) is 0. The summed E-state index contributed by atoms with van der Waals surface area (Å²) in [4.78, 5) is 6.65. The van der Waals surface area contributed by atoms with Crippen molar-refractivity contribution in [2.24, 2.45) is 0 Å². The van der Waals surface area contributed by atoms with Crippen LogP contribution in [0.15, 0.2) is 4.73 Å². The van der Waals surface area contributed by atoms with Crippen LogP contribution in [0.5, 0.6) is 0 Å². The summed E-state index contributed by atoms with van der Waals surface area (Å²) in [6.45, 7) is 5.20. The quantitative estimate of drug-likeness (QED) is 0.794. The minimum atomic E-state index is 0.691. The fraction of sp³-hybridized carbons (Fsp3) is 0.750. The van der Waals surface area contributed by atoms with Crippen molar-refractivity contribution in [1.29, 1.82) is 0 Å². The summed E-state index contributed by atoms with van der Waals surface area (Å²) in [6, 6.07) is 0. The summed E-state index contributed by atoms with van der Waals surface area (Å²) in [5.74, 6) is 1.01. The molecule has 0 saturated carbocycles. The number of hydrogen-bond acceptors (Lipinski definition) is 3. The van der Waals surface area contributed by atoms with Gasteiger partial charge < -0.3 is 4.90 Å². The second kappa shape index (κ2) is 3.65. The molecule has 13 heavy (non-hydrogen) atoms. The molecule has 4 nitrogen and oxygen atoms in total. The van der Waals surface area contributed by atoms with Gasteiger partial charge in [-0.05, 0) is 35.7 Å². The van der Waals surface area contributed by atoms with Gasteiger partial charge in [-0.1, -0.05) is 0 Å². The summed E-state index contributed by atoms with van der Waals surface area (Å²) in [5.41, 5.74) is 0. The third-order valence-electron chi connectivity index (χ3n) is 2.31. The standard InChI is InChI=1S/C8H13BrN4/c1-2-13-8(10-7(9)11-13)12-5-3-4-6-12/h2-6H2,1H3. The van der Waals surface area contributed by atoms with Crippen molar-refractivity contribution in [2.75, 3.05) is 18.0 Å². The van der Waals surface area contributed by atoms with E-state index >= 15 is 0 Å². The van der Waals surface area contributed by atoms with E-state index < -0.39 is 0 Å². The van der Waals surface area contributed by atoms with E-state index in [1.807, 2.05) is 4.68 Å². The number of nitrogens with zero attached hydrogens (tertiary/aromatic N) is 4. The number of aryl methyl sites for hydroxylation is 1. The highest BCUT2D eigenvalue weighted by atomic mass is 79.9. The van der Waals surface area contributed by atoms with Crippen LogP contribution < -0.4 is 4.90 Å². The van der Waals surface area contributed by atoms with Crippen molar-refractivity contribution < 1.29 is 0 Å². The van der Waals surface area contributed by atoms with Crippen LogP contribution in [0.25, 0.3) is 0 Å². The highest BCUT2D eigenvalue weighted by molar-refractivity contribution is 9.10. The average Bonchev–Trinajstić information content (AvgIpc) is 2.71. The van der Waals surface area contributed by atoms with Crippen LogP contribution in [0.2, 0.25) is 0 Å². The summed E-state index contributed by atoms with van der Waals surface area (Å²) < 4.78 is 2.63. The zero-order chi connectivity index (χ0) is 9.26. The summed E-state index contributed by atoms with van der Waals surface area (Å²) in [6.07, 6.45) is 2.54. The largest absolute Gasteiger partial charge is 0.341 e. The molecular formula is C8H13BrN4. The summed E-state index contributed by atoms with van der Waals surface area (Å²) in [7, 11) is 0. The van der Waals surface area contributed by atoms with Crippen molar-refractivity contribution in [3.8, 4) is 0 Å². The Kier molecular flexibility index (Phi) is 2.53. The monoisotopic (exact) mass is 244 g/mol. The molecular weight excluding hydrogens is 232 g/mol. The molecule has 1 aromatic rings. The van der Waals surface area contributed by atoms with Gasteiger partial charge in [0, 0.05) is 19.6 Å². The maximum absolute atomic E-state index is 4.36. The SMILES string of the molecule is CCn1nc(Br)nc1N1CCCC1. The van der Waals surface area contributed by atoms with Gasteiger partial charge in [-0.25, -0.2) is 4.68 Å². The Hall–Kier alpha value is -0.580. The lowest BCUT2D eigenvalue weighted by molar-refractivity contribution is 0.642. The predicted molar refractivity (Wildman–Crippen MR) is 54.8 cm³/mol.